The lowest BCUT2D eigenvalue weighted by Crippen LogP contribution is -2.25. The van der Waals surface area contributed by atoms with Gasteiger partial charge in [0.15, 0.2) is 0 Å². The minimum Gasteiger partial charge on any atom is -0.328 e. The minimum atomic E-state index is 0. The van der Waals surface area contributed by atoms with Crippen molar-refractivity contribution < 1.29 is 0 Å². The van der Waals surface area contributed by atoms with E-state index in [9.17, 15) is 0 Å². The molecule has 0 aromatic rings. The Morgan fingerprint density at radius 1 is 1.27 bits per heavy atom. The van der Waals surface area contributed by atoms with Gasteiger partial charge in [0.05, 0.1) is 0 Å². The maximum atomic E-state index is 5.69. The third kappa shape index (κ3) is 13.5. The smallest absolute Gasteiger partial charge is 0.00483 e. The Hall–Kier alpha value is 0.500. The molecule has 4 heteroatoms. The van der Waals surface area contributed by atoms with Gasteiger partial charge in [-0.1, -0.05) is 6.92 Å². The van der Waals surface area contributed by atoms with Crippen molar-refractivity contribution in [3.05, 3.63) is 0 Å². The maximum absolute atomic E-state index is 5.69. The average Bonchev–Trinajstić information content (AvgIpc) is 1.83. The summed E-state index contributed by atoms with van der Waals surface area (Å²) in [4.78, 5) is 2.16. The van der Waals surface area contributed by atoms with Crippen LogP contribution in [0.4, 0.5) is 0 Å². The molecular formula is C7H20Cl2N2. The molecule has 0 aliphatic carbocycles. The first-order chi connectivity index (χ1) is 4.16. The van der Waals surface area contributed by atoms with E-state index in [1.807, 2.05) is 0 Å². The Labute approximate surface area is 82.3 Å². The van der Waals surface area contributed by atoms with Crippen LogP contribution in [-0.2, 0) is 0 Å². The topological polar surface area (TPSA) is 29.3 Å². The van der Waals surface area contributed by atoms with Crippen LogP contribution in [0.1, 0.15) is 19.8 Å². The van der Waals surface area contributed by atoms with Gasteiger partial charge in [0.2, 0.25) is 0 Å². The lowest BCUT2D eigenvalue weighted by molar-refractivity contribution is 0.378. The first-order valence-electron chi connectivity index (χ1n) is 3.57. The van der Waals surface area contributed by atoms with Crippen LogP contribution in [-0.4, -0.2) is 31.6 Å². The maximum Gasteiger partial charge on any atom is 0.00483 e. The third-order valence-corrected chi connectivity index (χ3v) is 1.47. The van der Waals surface area contributed by atoms with Gasteiger partial charge in [0, 0.05) is 6.04 Å². The minimum absolute atomic E-state index is 0. The molecule has 0 aromatic carbocycles. The van der Waals surface area contributed by atoms with E-state index in [1.165, 1.54) is 0 Å². The van der Waals surface area contributed by atoms with Crippen molar-refractivity contribution in [3.63, 3.8) is 0 Å². The summed E-state index contributed by atoms with van der Waals surface area (Å²) in [5, 5.41) is 0. The number of nitrogens with two attached hydrogens (primary N) is 1. The highest BCUT2D eigenvalue weighted by molar-refractivity contribution is 5.85. The van der Waals surface area contributed by atoms with Gasteiger partial charge in [0.25, 0.3) is 0 Å². The molecule has 0 rings (SSSR count). The molecule has 2 nitrogen and oxygen atoms in total. The Morgan fingerprint density at radius 2 is 1.73 bits per heavy atom. The second kappa shape index (κ2) is 10.5. The highest BCUT2D eigenvalue weighted by atomic mass is 35.5. The van der Waals surface area contributed by atoms with Crippen molar-refractivity contribution in [2.45, 2.75) is 25.8 Å². The summed E-state index contributed by atoms with van der Waals surface area (Å²) < 4.78 is 0. The Morgan fingerprint density at radius 3 is 2.00 bits per heavy atom. The zero-order valence-corrected chi connectivity index (χ0v) is 9.17. The van der Waals surface area contributed by atoms with E-state index in [1.54, 1.807) is 0 Å². The fraction of sp³-hybridized carbons (Fsp3) is 1.00. The van der Waals surface area contributed by atoms with Crippen LogP contribution in [0, 0.1) is 0 Å². The third-order valence-electron chi connectivity index (χ3n) is 1.47. The molecule has 0 fully saturated rings. The molecule has 0 aromatic heterocycles. The van der Waals surface area contributed by atoms with E-state index in [0.717, 1.165) is 19.4 Å². The molecule has 0 aliphatic heterocycles. The molecule has 1 unspecified atom stereocenters. The second-order valence-corrected chi connectivity index (χ2v) is 2.76. The molecule has 2 N–H and O–H groups in total. The Kier molecular flexibility index (Phi) is 16.8. The van der Waals surface area contributed by atoms with Crippen molar-refractivity contribution in [2.75, 3.05) is 20.6 Å². The van der Waals surface area contributed by atoms with E-state index in [4.69, 9.17) is 5.73 Å². The molecule has 72 valence electrons. The monoisotopic (exact) mass is 202 g/mol. The quantitative estimate of drug-likeness (QED) is 0.750. The van der Waals surface area contributed by atoms with Crippen LogP contribution in [0.25, 0.3) is 0 Å². The molecule has 0 radical (unpaired) electrons. The summed E-state index contributed by atoms with van der Waals surface area (Å²) in [5.41, 5.74) is 5.69. The van der Waals surface area contributed by atoms with Crippen molar-refractivity contribution in [3.8, 4) is 0 Å². The lowest BCUT2D eigenvalue weighted by atomic mass is 10.2. The molecule has 0 amide bonds. The van der Waals surface area contributed by atoms with Crippen LogP contribution < -0.4 is 5.73 Å². The zero-order chi connectivity index (χ0) is 7.28. The standard InChI is InChI=1S/C7H18N2.2ClH/c1-4-7(8)5-6-9(2)3;;/h7H,4-6,8H2,1-3H3;2*1H. The van der Waals surface area contributed by atoms with Crippen molar-refractivity contribution in [2.24, 2.45) is 5.73 Å². The number of halogens is 2. The summed E-state index contributed by atoms with van der Waals surface area (Å²) in [6.07, 6.45) is 2.21. The van der Waals surface area contributed by atoms with Gasteiger partial charge in [-0.15, -0.1) is 24.8 Å². The van der Waals surface area contributed by atoms with E-state index in [2.05, 4.69) is 25.9 Å². The number of rotatable bonds is 4. The van der Waals surface area contributed by atoms with Gasteiger partial charge in [0.1, 0.15) is 0 Å². The van der Waals surface area contributed by atoms with Gasteiger partial charge < -0.3 is 10.6 Å². The number of hydrogen-bond donors (Lipinski definition) is 1. The summed E-state index contributed by atoms with van der Waals surface area (Å²) in [6.45, 7) is 3.23. The number of hydrogen-bond acceptors (Lipinski definition) is 2. The van der Waals surface area contributed by atoms with Crippen LogP contribution in [0.5, 0.6) is 0 Å². The summed E-state index contributed by atoms with van der Waals surface area (Å²) in [6, 6.07) is 0.396. The Bertz CT molecular complexity index is 69.5. The summed E-state index contributed by atoms with van der Waals surface area (Å²) >= 11 is 0. The summed E-state index contributed by atoms with van der Waals surface area (Å²) in [5.74, 6) is 0. The zero-order valence-electron chi connectivity index (χ0n) is 7.54. The van der Waals surface area contributed by atoms with Crippen LogP contribution in [0.2, 0.25) is 0 Å². The van der Waals surface area contributed by atoms with E-state index >= 15 is 0 Å². The predicted octanol–water partition coefficient (Wildman–Crippen LogP) is 1.52. The Balaban J connectivity index is -0.000000320. The van der Waals surface area contributed by atoms with Crippen LogP contribution in [0.3, 0.4) is 0 Å². The van der Waals surface area contributed by atoms with E-state index in [-0.39, 0.29) is 24.8 Å². The summed E-state index contributed by atoms with van der Waals surface area (Å²) in [7, 11) is 4.14. The SMILES string of the molecule is CCC(N)CCN(C)C.Cl.Cl. The molecule has 0 spiro atoms. The highest BCUT2D eigenvalue weighted by Gasteiger charge is 1.97. The van der Waals surface area contributed by atoms with Crippen LogP contribution in [0.15, 0.2) is 0 Å². The molecule has 11 heavy (non-hydrogen) atoms. The molecule has 0 aliphatic rings. The molecule has 0 saturated carbocycles. The van der Waals surface area contributed by atoms with Gasteiger partial charge in [-0.3, -0.25) is 0 Å². The number of nitrogens with zero attached hydrogens (tertiary/aromatic N) is 1. The normalized spacial score (nSPS) is 11.7. The molecule has 1 atom stereocenters. The van der Waals surface area contributed by atoms with Crippen LogP contribution >= 0.6 is 24.8 Å². The average molecular weight is 203 g/mol. The fourth-order valence-electron chi connectivity index (χ4n) is 0.628. The molecule has 0 saturated heterocycles. The first kappa shape index (κ1) is 17.5. The van der Waals surface area contributed by atoms with Gasteiger partial charge in [-0.25, -0.2) is 0 Å². The van der Waals surface area contributed by atoms with Crippen molar-refractivity contribution >= 4 is 24.8 Å². The van der Waals surface area contributed by atoms with Crippen molar-refractivity contribution in [1.82, 2.24) is 4.90 Å². The molecule has 0 bridgehead atoms. The molecule has 0 heterocycles. The molecular weight excluding hydrogens is 183 g/mol. The second-order valence-electron chi connectivity index (χ2n) is 2.76. The largest absolute Gasteiger partial charge is 0.328 e. The van der Waals surface area contributed by atoms with E-state index in [0.29, 0.717) is 6.04 Å². The first-order valence-corrected chi connectivity index (χ1v) is 3.57. The fourth-order valence-corrected chi connectivity index (χ4v) is 0.628. The van der Waals surface area contributed by atoms with Gasteiger partial charge >= 0.3 is 0 Å². The highest BCUT2D eigenvalue weighted by Crippen LogP contribution is 1.93. The van der Waals surface area contributed by atoms with Crippen molar-refractivity contribution in [1.29, 1.82) is 0 Å². The van der Waals surface area contributed by atoms with Gasteiger partial charge in [-0.2, -0.15) is 0 Å². The predicted molar refractivity (Wildman–Crippen MR) is 55.9 cm³/mol. The van der Waals surface area contributed by atoms with E-state index < -0.39 is 0 Å². The van der Waals surface area contributed by atoms with Gasteiger partial charge in [-0.05, 0) is 33.5 Å². The lowest BCUT2D eigenvalue weighted by Gasteiger charge is -2.12.